The van der Waals surface area contributed by atoms with E-state index in [9.17, 15) is 8.42 Å². The van der Waals surface area contributed by atoms with E-state index < -0.39 is 10.0 Å². The fraction of sp³-hybridized carbons (Fsp3) is 0.500. The summed E-state index contributed by atoms with van der Waals surface area (Å²) in [5.41, 5.74) is 0.999. The largest absolute Gasteiger partial charge is 0.372 e. The molecule has 0 bridgehead atoms. The number of nitrogens with one attached hydrogen (secondary N) is 1. The van der Waals surface area contributed by atoms with Gasteiger partial charge in [-0.05, 0) is 38.0 Å². The van der Waals surface area contributed by atoms with Crippen LogP contribution in [0.4, 0.5) is 0 Å². The third-order valence-corrected chi connectivity index (χ3v) is 5.57. The Hall–Kier alpha value is -1.77. The second-order valence-electron chi connectivity index (χ2n) is 5.79. The third-order valence-electron chi connectivity index (χ3n) is 4.23. The number of hydrogen-bond donors (Lipinski definition) is 1. The maximum Gasteiger partial charge on any atom is 0.258 e. The smallest absolute Gasteiger partial charge is 0.258 e. The van der Waals surface area contributed by atoms with Gasteiger partial charge in [0.05, 0.1) is 5.69 Å². The SMILES string of the molecule is CCn1nccc1[C@@H]1OCCC[C@H]1CNS(=O)(=O)c1ccccn1. The minimum atomic E-state index is -3.61. The van der Waals surface area contributed by atoms with Crippen LogP contribution in [0.15, 0.2) is 41.7 Å². The molecule has 130 valence electrons. The first-order chi connectivity index (χ1) is 11.6. The van der Waals surface area contributed by atoms with Crippen molar-refractivity contribution in [2.24, 2.45) is 5.92 Å². The Labute approximate surface area is 142 Å². The molecule has 0 amide bonds. The molecule has 3 rings (SSSR count). The minimum absolute atomic E-state index is 0.0388. The molecule has 0 aliphatic carbocycles. The zero-order chi connectivity index (χ0) is 17.0. The van der Waals surface area contributed by atoms with Gasteiger partial charge >= 0.3 is 0 Å². The zero-order valence-corrected chi connectivity index (χ0v) is 14.4. The van der Waals surface area contributed by atoms with Gasteiger partial charge < -0.3 is 4.74 Å². The highest BCUT2D eigenvalue weighted by molar-refractivity contribution is 7.89. The first-order valence-electron chi connectivity index (χ1n) is 8.16. The molecule has 1 aliphatic heterocycles. The molecule has 2 aromatic heterocycles. The predicted molar refractivity (Wildman–Crippen MR) is 88.7 cm³/mol. The van der Waals surface area contributed by atoms with Crippen LogP contribution >= 0.6 is 0 Å². The molecule has 3 heterocycles. The average Bonchev–Trinajstić information content (AvgIpc) is 3.09. The molecule has 0 aromatic carbocycles. The predicted octanol–water partition coefficient (Wildman–Crippen LogP) is 1.74. The van der Waals surface area contributed by atoms with Crippen molar-refractivity contribution in [2.45, 2.75) is 37.4 Å². The van der Waals surface area contributed by atoms with Crippen LogP contribution in [0, 0.1) is 5.92 Å². The summed E-state index contributed by atoms with van der Waals surface area (Å²) in [5.74, 6) is 0.0687. The molecule has 0 spiro atoms. The van der Waals surface area contributed by atoms with E-state index >= 15 is 0 Å². The quantitative estimate of drug-likeness (QED) is 0.858. The molecule has 2 aromatic rings. The van der Waals surface area contributed by atoms with Crippen LogP contribution < -0.4 is 4.72 Å². The first kappa shape index (κ1) is 17.1. The van der Waals surface area contributed by atoms with E-state index in [1.165, 1.54) is 12.3 Å². The Bertz CT molecular complexity index is 761. The monoisotopic (exact) mass is 350 g/mol. The lowest BCUT2D eigenvalue weighted by molar-refractivity contribution is -0.0311. The highest BCUT2D eigenvalue weighted by Gasteiger charge is 2.31. The van der Waals surface area contributed by atoms with Crippen LogP contribution in [0.3, 0.4) is 0 Å². The summed E-state index contributed by atoms with van der Waals surface area (Å²) in [6.45, 7) is 3.79. The van der Waals surface area contributed by atoms with E-state index in [1.54, 1.807) is 18.3 Å². The summed E-state index contributed by atoms with van der Waals surface area (Å²) >= 11 is 0. The number of nitrogens with zero attached hydrogens (tertiary/aromatic N) is 3. The van der Waals surface area contributed by atoms with Gasteiger partial charge in [0, 0.05) is 38.0 Å². The number of pyridine rings is 1. The molecule has 1 saturated heterocycles. The molecule has 7 nitrogen and oxygen atoms in total. The lowest BCUT2D eigenvalue weighted by atomic mass is 9.92. The van der Waals surface area contributed by atoms with Crippen molar-refractivity contribution in [3.05, 3.63) is 42.4 Å². The van der Waals surface area contributed by atoms with E-state index in [0.29, 0.717) is 13.2 Å². The lowest BCUT2D eigenvalue weighted by Crippen LogP contribution is -2.36. The molecule has 1 fully saturated rings. The molecule has 2 atom stereocenters. The number of sulfonamides is 1. The molecule has 0 radical (unpaired) electrons. The molecule has 0 unspecified atom stereocenters. The summed E-state index contributed by atoms with van der Waals surface area (Å²) < 4.78 is 35.2. The molecule has 24 heavy (non-hydrogen) atoms. The Morgan fingerprint density at radius 1 is 1.33 bits per heavy atom. The van der Waals surface area contributed by atoms with Gasteiger partial charge in [0.1, 0.15) is 6.10 Å². The first-order valence-corrected chi connectivity index (χ1v) is 9.64. The van der Waals surface area contributed by atoms with E-state index in [4.69, 9.17) is 4.74 Å². The fourth-order valence-electron chi connectivity index (χ4n) is 3.02. The van der Waals surface area contributed by atoms with Crippen LogP contribution in [0.5, 0.6) is 0 Å². The van der Waals surface area contributed by atoms with Gasteiger partial charge in [-0.15, -0.1) is 0 Å². The maximum atomic E-state index is 12.4. The Balaban J connectivity index is 1.73. The third kappa shape index (κ3) is 3.66. The number of aromatic nitrogens is 3. The van der Waals surface area contributed by atoms with Crippen LogP contribution in [0.25, 0.3) is 0 Å². The number of rotatable bonds is 6. The second kappa shape index (κ2) is 7.42. The van der Waals surface area contributed by atoms with Crippen LogP contribution in [0.2, 0.25) is 0 Å². The lowest BCUT2D eigenvalue weighted by Gasteiger charge is -2.32. The van der Waals surface area contributed by atoms with Crippen molar-refractivity contribution < 1.29 is 13.2 Å². The highest BCUT2D eigenvalue weighted by Crippen LogP contribution is 2.33. The maximum absolute atomic E-state index is 12.4. The van der Waals surface area contributed by atoms with Crippen molar-refractivity contribution in [1.82, 2.24) is 19.5 Å². The Morgan fingerprint density at radius 2 is 2.21 bits per heavy atom. The van der Waals surface area contributed by atoms with Crippen LogP contribution in [-0.4, -0.2) is 36.3 Å². The number of aryl methyl sites for hydroxylation is 1. The van der Waals surface area contributed by atoms with Gasteiger partial charge in [-0.2, -0.15) is 5.10 Å². The van der Waals surface area contributed by atoms with Gasteiger partial charge in [0.2, 0.25) is 0 Å². The normalized spacial score (nSPS) is 21.7. The molecule has 1 aliphatic rings. The molecule has 0 saturated carbocycles. The van der Waals surface area contributed by atoms with Crippen molar-refractivity contribution in [1.29, 1.82) is 0 Å². The summed E-state index contributed by atoms with van der Waals surface area (Å²) in [4.78, 5) is 3.91. The minimum Gasteiger partial charge on any atom is -0.372 e. The Kier molecular flexibility index (Phi) is 5.27. The molecular weight excluding hydrogens is 328 g/mol. The van der Waals surface area contributed by atoms with Gasteiger partial charge in [0.15, 0.2) is 5.03 Å². The molecule has 8 heteroatoms. The Morgan fingerprint density at radius 3 is 2.96 bits per heavy atom. The van der Waals surface area contributed by atoms with Crippen molar-refractivity contribution in [2.75, 3.05) is 13.2 Å². The average molecular weight is 350 g/mol. The van der Waals surface area contributed by atoms with Gasteiger partial charge in [-0.3, -0.25) is 4.68 Å². The highest BCUT2D eigenvalue weighted by atomic mass is 32.2. The molecule has 1 N–H and O–H groups in total. The summed E-state index contributed by atoms with van der Waals surface area (Å²) in [6, 6.07) is 6.78. The number of hydrogen-bond acceptors (Lipinski definition) is 5. The van der Waals surface area contributed by atoms with Gasteiger partial charge in [-0.25, -0.2) is 18.1 Å². The standard InChI is InChI=1S/C16H22N4O3S/c1-2-20-14(8-10-18-20)16-13(6-5-11-23-16)12-19-24(21,22)15-7-3-4-9-17-15/h3-4,7-10,13,16,19H,2,5-6,11-12H2,1H3/t13-,16+/m0/s1. The van der Waals surface area contributed by atoms with Crippen molar-refractivity contribution in [3.8, 4) is 0 Å². The summed E-state index contributed by atoms with van der Waals surface area (Å²) in [7, 11) is -3.61. The van der Waals surface area contributed by atoms with Gasteiger partial charge in [-0.1, -0.05) is 6.07 Å². The van der Waals surface area contributed by atoms with Gasteiger partial charge in [0.25, 0.3) is 10.0 Å². The van der Waals surface area contributed by atoms with E-state index in [0.717, 1.165) is 25.1 Å². The topological polar surface area (TPSA) is 86.1 Å². The zero-order valence-electron chi connectivity index (χ0n) is 13.6. The second-order valence-corrected chi connectivity index (χ2v) is 7.50. The fourth-order valence-corrected chi connectivity index (χ4v) is 4.06. The number of ether oxygens (including phenoxy) is 1. The van der Waals surface area contributed by atoms with E-state index in [-0.39, 0.29) is 17.0 Å². The van der Waals surface area contributed by atoms with Crippen molar-refractivity contribution >= 4 is 10.0 Å². The summed E-state index contributed by atoms with van der Waals surface area (Å²) in [6.07, 6.45) is 4.91. The van der Waals surface area contributed by atoms with E-state index in [2.05, 4.69) is 14.8 Å². The van der Waals surface area contributed by atoms with Crippen LogP contribution in [-0.2, 0) is 21.3 Å². The molecular formula is C16H22N4O3S. The van der Waals surface area contributed by atoms with Crippen LogP contribution in [0.1, 0.15) is 31.6 Å². The van der Waals surface area contributed by atoms with Crippen molar-refractivity contribution in [3.63, 3.8) is 0 Å². The summed E-state index contributed by atoms with van der Waals surface area (Å²) in [5, 5.41) is 4.33. The van der Waals surface area contributed by atoms with E-state index in [1.807, 2.05) is 17.7 Å².